The summed E-state index contributed by atoms with van der Waals surface area (Å²) < 4.78 is 5.15. The number of ether oxygens (including phenoxy) is 1. The van der Waals surface area contributed by atoms with Gasteiger partial charge < -0.3 is 15.4 Å². The Morgan fingerprint density at radius 1 is 1.14 bits per heavy atom. The van der Waals surface area contributed by atoms with Gasteiger partial charge in [-0.3, -0.25) is 0 Å². The number of aryl methyl sites for hydroxylation is 1. The number of halogens is 1. The molecule has 1 heterocycles. The summed E-state index contributed by atoms with van der Waals surface area (Å²) >= 11 is 0. The SMILES string of the molecule is COc1ccc(N=C(N)N2CCCc3ccccc32)cc1.Cl. The predicted molar refractivity (Wildman–Crippen MR) is 93.6 cm³/mol. The van der Waals surface area contributed by atoms with E-state index >= 15 is 0 Å². The molecule has 1 aliphatic rings. The fourth-order valence-corrected chi connectivity index (χ4v) is 2.62. The highest BCUT2D eigenvalue weighted by Crippen LogP contribution is 2.27. The van der Waals surface area contributed by atoms with Crippen molar-refractivity contribution in [2.75, 3.05) is 18.6 Å². The highest BCUT2D eigenvalue weighted by Gasteiger charge is 2.18. The lowest BCUT2D eigenvalue weighted by Crippen LogP contribution is -2.40. The largest absolute Gasteiger partial charge is 0.497 e. The van der Waals surface area contributed by atoms with Crippen LogP contribution in [0.4, 0.5) is 11.4 Å². The number of fused-ring (bicyclic) bond motifs is 1. The van der Waals surface area contributed by atoms with Crippen LogP contribution < -0.4 is 15.4 Å². The molecule has 0 amide bonds. The number of nitrogens with zero attached hydrogens (tertiary/aromatic N) is 2. The average molecular weight is 318 g/mol. The molecule has 0 saturated carbocycles. The Morgan fingerprint density at radius 3 is 2.59 bits per heavy atom. The summed E-state index contributed by atoms with van der Waals surface area (Å²) in [6.45, 7) is 0.905. The molecule has 0 aromatic heterocycles. The number of anilines is 1. The lowest BCUT2D eigenvalue weighted by atomic mass is 10.0. The second-order valence-corrected chi connectivity index (χ2v) is 5.05. The van der Waals surface area contributed by atoms with E-state index in [1.807, 2.05) is 30.3 Å². The molecule has 2 aromatic rings. The van der Waals surface area contributed by atoms with Crippen LogP contribution in [0.1, 0.15) is 12.0 Å². The Labute approximate surface area is 137 Å². The van der Waals surface area contributed by atoms with Crippen LogP contribution >= 0.6 is 12.4 Å². The molecule has 0 aliphatic carbocycles. The van der Waals surface area contributed by atoms with Gasteiger partial charge in [-0.1, -0.05) is 18.2 Å². The summed E-state index contributed by atoms with van der Waals surface area (Å²) in [5, 5.41) is 0. The minimum Gasteiger partial charge on any atom is -0.497 e. The van der Waals surface area contributed by atoms with E-state index in [4.69, 9.17) is 10.5 Å². The van der Waals surface area contributed by atoms with Gasteiger partial charge >= 0.3 is 0 Å². The van der Waals surface area contributed by atoms with E-state index < -0.39 is 0 Å². The van der Waals surface area contributed by atoms with E-state index in [9.17, 15) is 0 Å². The van der Waals surface area contributed by atoms with Crippen LogP contribution in [0.15, 0.2) is 53.5 Å². The number of methoxy groups -OCH3 is 1. The molecule has 5 heteroatoms. The van der Waals surface area contributed by atoms with Crippen molar-refractivity contribution in [2.45, 2.75) is 12.8 Å². The fraction of sp³-hybridized carbons (Fsp3) is 0.235. The Kier molecular flexibility index (Phi) is 5.28. The molecular formula is C17H20ClN3O. The molecule has 0 unspecified atom stereocenters. The molecule has 2 aromatic carbocycles. The topological polar surface area (TPSA) is 50.9 Å². The second-order valence-electron chi connectivity index (χ2n) is 5.05. The summed E-state index contributed by atoms with van der Waals surface area (Å²) in [6.07, 6.45) is 2.19. The van der Waals surface area contributed by atoms with Gasteiger partial charge in [-0.2, -0.15) is 0 Å². The zero-order chi connectivity index (χ0) is 14.7. The third-order valence-corrected chi connectivity index (χ3v) is 3.70. The van der Waals surface area contributed by atoms with E-state index in [0.717, 1.165) is 30.8 Å². The lowest BCUT2D eigenvalue weighted by Gasteiger charge is -2.30. The van der Waals surface area contributed by atoms with Crippen LogP contribution in [0.3, 0.4) is 0 Å². The molecule has 22 heavy (non-hydrogen) atoms. The Balaban J connectivity index is 0.00000176. The first-order valence-corrected chi connectivity index (χ1v) is 7.11. The molecule has 4 nitrogen and oxygen atoms in total. The zero-order valence-electron chi connectivity index (χ0n) is 12.5. The van der Waals surface area contributed by atoms with Gasteiger partial charge in [0.05, 0.1) is 12.8 Å². The second kappa shape index (κ2) is 7.18. The first kappa shape index (κ1) is 16.2. The highest BCUT2D eigenvalue weighted by molar-refractivity contribution is 5.97. The van der Waals surface area contributed by atoms with Crippen LogP contribution in [-0.4, -0.2) is 19.6 Å². The molecule has 0 fully saturated rings. The van der Waals surface area contributed by atoms with E-state index in [2.05, 4.69) is 28.1 Å². The fourth-order valence-electron chi connectivity index (χ4n) is 2.62. The Bertz CT molecular complexity index is 655. The van der Waals surface area contributed by atoms with E-state index in [1.165, 1.54) is 11.3 Å². The monoisotopic (exact) mass is 317 g/mol. The quantitative estimate of drug-likeness (QED) is 0.681. The number of guanidine groups is 1. The minimum absolute atomic E-state index is 0. The number of hydrogen-bond acceptors (Lipinski definition) is 2. The first-order valence-electron chi connectivity index (χ1n) is 7.11. The summed E-state index contributed by atoms with van der Waals surface area (Å²) in [5.74, 6) is 1.35. The Morgan fingerprint density at radius 2 is 1.86 bits per heavy atom. The van der Waals surface area contributed by atoms with Crippen molar-refractivity contribution in [3.8, 4) is 5.75 Å². The van der Waals surface area contributed by atoms with Crippen molar-refractivity contribution >= 4 is 29.7 Å². The average Bonchev–Trinajstić information content (AvgIpc) is 2.55. The van der Waals surface area contributed by atoms with Gasteiger partial charge in [0.2, 0.25) is 5.96 Å². The molecule has 1 aliphatic heterocycles. The molecule has 2 N–H and O–H groups in total. The summed E-state index contributed by atoms with van der Waals surface area (Å²) in [4.78, 5) is 6.61. The smallest absolute Gasteiger partial charge is 0.201 e. The van der Waals surface area contributed by atoms with Crippen molar-refractivity contribution < 1.29 is 4.74 Å². The van der Waals surface area contributed by atoms with Crippen LogP contribution in [0.25, 0.3) is 0 Å². The Hall–Kier alpha value is -2.20. The summed E-state index contributed by atoms with van der Waals surface area (Å²) in [5.41, 5.74) is 9.54. The van der Waals surface area contributed by atoms with Gasteiger partial charge in [0, 0.05) is 12.2 Å². The molecular weight excluding hydrogens is 298 g/mol. The van der Waals surface area contributed by atoms with Crippen LogP contribution in [0.5, 0.6) is 5.75 Å². The third-order valence-electron chi connectivity index (χ3n) is 3.70. The van der Waals surface area contributed by atoms with E-state index in [0.29, 0.717) is 5.96 Å². The van der Waals surface area contributed by atoms with Crippen LogP contribution in [0.2, 0.25) is 0 Å². The number of para-hydroxylation sites is 1. The lowest BCUT2D eigenvalue weighted by molar-refractivity contribution is 0.415. The van der Waals surface area contributed by atoms with Gasteiger partial charge in [-0.15, -0.1) is 12.4 Å². The van der Waals surface area contributed by atoms with Gasteiger partial charge in [-0.25, -0.2) is 4.99 Å². The standard InChI is InChI=1S/C17H19N3O.ClH/c1-21-15-10-8-14(9-11-15)19-17(18)20-12-4-6-13-5-2-3-7-16(13)20;/h2-3,5,7-11H,4,6,12H2,1H3,(H2,18,19);1H. The van der Waals surface area contributed by atoms with Crippen LogP contribution in [0, 0.1) is 0 Å². The first-order chi connectivity index (χ1) is 10.3. The van der Waals surface area contributed by atoms with Gasteiger partial charge in [0.15, 0.2) is 0 Å². The van der Waals surface area contributed by atoms with Crippen LogP contribution in [-0.2, 0) is 6.42 Å². The maximum atomic E-state index is 6.21. The molecule has 0 saturated heterocycles. The number of nitrogens with two attached hydrogens (primary N) is 1. The third kappa shape index (κ3) is 3.34. The number of rotatable bonds is 2. The molecule has 0 bridgehead atoms. The zero-order valence-corrected chi connectivity index (χ0v) is 13.3. The maximum Gasteiger partial charge on any atom is 0.201 e. The van der Waals surface area contributed by atoms with Gasteiger partial charge in [-0.05, 0) is 48.7 Å². The molecule has 0 atom stereocenters. The summed E-state index contributed by atoms with van der Waals surface area (Å²) in [6, 6.07) is 15.9. The van der Waals surface area contributed by atoms with Crippen molar-refractivity contribution in [2.24, 2.45) is 10.7 Å². The normalized spacial score (nSPS) is 14.0. The number of benzene rings is 2. The van der Waals surface area contributed by atoms with Gasteiger partial charge in [0.1, 0.15) is 5.75 Å². The predicted octanol–water partition coefficient (Wildman–Crippen LogP) is 3.52. The minimum atomic E-state index is 0. The van der Waals surface area contributed by atoms with Crippen molar-refractivity contribution in [3.63, 3.8) is 0 Å². The molecule has 3 rings (SSSR count). The van der Waals surface area contributed by atoms with E-state index in [-0.39, 0.29) is 12.4 Å². The molecule has 116 valence electrons. The van der Waals surface area contributed by atoms with Crippen molar-refractivity contribution in [3.05, 3.63) is 54.1 Å². The van der Waals surface area contributed by atoms with E-state index in [1.54, 1.807) is 7.11 Å². The van der Waals surface area contributed by atoms with Crippen molar-refractivity contribution in [1.29, 1.82) is 0 Å². The molecule has 0 radical (unpaired) electrons. The van der Waals surface area contributed by atoms with Gasteiger partial charge in [0.25, 0.3) is 0 Å². The molecule has 0 spiro atoms. The van der Waals surface area contributed by atoms with Crippen molar-refractivity contribution in [1.82, 2.24) is 0 Å². The summed E-state index contributed by atoms with van der Waals surface area (Å²) in [7, 11) is 1.65. The number of hydrogen-bond donors (Lipinski definition) is 1. The highest BCUT2D eigenvalue weighted by atomic mass is 35.5. The maximum absolute atomic E-state index is 6.21. The number of aliphatic imine (C=N–C) groups is 1.